The minimum atomic E-state index is -0.336. The largest absolute Gasteiger partial charge is 0.321 e. The Bertz CT molecular complexity index is 983. The van der Waals surface area contributed by atoms with Gasteiger partial charge in [-0.25, -0.2) is 4.98 Å². The first-order valence-corrected chi connectivity index (χ1v) is 8.40. The fourth-order valence-electron chi connectivity index (χ4n) is 2.86. The fraction of sp³-hybridized carbons (Fsp3) is 0.235. The summed E-state index contributed by atoms with van der Waals surface area (Å²) in [5.74, 6) is 0.822. The van der Waals surface area contributed by atoms with Crippen molar-refractivity contribution in [1.82, 2.24) is 14.5 Å². The maximum atomic E-state index is 13.2. The Labute approximate surface area is 148 Å². The average molecular weight is 361 g/mol. The molecule has 7 heteroatoms. The summed E-state index contributed by atoms with van der Waals surface area (Å²) >= 11 is 12.5. The first-order valence-electron chi connectivity index (χ1n) is 7.64. The number of nitrogens with two attached hydrogens (primary N) is 1. The van der Waals surface area contributed by atoms with Gasteiger partial charge < -0.3 is 5.73 Å². The van der Waals surface area contributed by atoms with Crippen molar-refractivity contribution < 1.29 is 0 Å². The van der Waals surface area contributed by atoms with Gasteiger partial charge >= 0.3 is 0 Å². The van der Waals surface area contributed by atoms with Gasteiger partial charge in [0.15, 0.2) is 0 Å². The van der Waals surface area contributed by atoms with Gasteiger partial charge in [-0.3, -0.25) is 14.3 Å². The van der Waals surface area contributed by atoms with E-state index in [2.05, 4.69) is 9.97 Å². The fourth-order valence-corrected chi connectivity index (χ4v) is 3.29. The number of aromatic nitrogens is 3. The molecule has 1 fully saturated rings. The van der Waals surface area contributed by atoms with Gasteiger partial charge in [0.25, 0.3) is 5.56 Å². The van der Waals surface area contributed by atoms with E-state index < -0.39 is 0 Å². The molecule has 24 heavy (non-hydrogen) atoms. The zero-order valence-electron chi connectivity index (χ0n) is 12.6. The lowest BCUT2D eigenvalue weighted by atomic mass is 10.1. The molecular formula is C17H14Cl2N4O. The van der Waals surface area contributed by atoms with Crippen LogP contribution in [-0.2, 0) is 0 Å². The van der Waals surface area contributed by atoms with Crippen LogP contribution in [-0.4, -0.2) is 14.5 Å². The average Bonchev–Trinajstić information content (AvgIpc) is 3.43. The molecule has 3 aromatic rings. The number of pyridine rings is 1. The molecule has 0 aliphatic heterocycles. The highest BCUT2D eigenvalue weighted by molar-refractivity contribution is 6.39. The Balaban J connectivity index is 2.11. The van der Waals surface area contributed by atoms with Crippen molar-refractivity contribution in [3.8, 4) is 5.69 Å². The van der Waals surface area contributed by atoms with E-state index in [1.807, 2.05) is 0 Å². The molecule has 0 bridgehead atoms. The van der Waals surface area contributed by atoms with E-state index >= 15 is 0 Å². The zero-order chi connectivity index (χ0) is 16.8. The summed E-state index contributed by atoms with van der Waals surface area (Å²) < 4.78 is 1.50. The Morgan fingerprint density at radius 1 is 1.21 bits per heavy atom. The summed E-state index contributed by atoms with van der Waals surface area (Å²) in [5, 5.41) is 0.991. The third-order valence-corrected chi connectivity index (χ3v) is 4.90. The zero-order valence-corrected chi connectivity index (χ0v) is 14.1. The molecule has 4 rings (SSSR count). The smallest absolute Gasteiger partial charge is 0.267 e. The van der Waals surface area contributed by atoms with Gasteiger partial charge in [-0.2, -0.15) is 0 Å². The summed E-state index contributed by atoms with van der Waals surface area (Å²) in [6, 6.07) is 6.46. The second-order valence-electron chi connectivity index (χ2n) is 5.94. The number of fused-ring (bicyclic) bond motifs is 1. The highest BCUT2D eigenvalue weighted by Gasteiger charge is 2.33. The van der Waals surface area contributed by atoms with Crippen LogP contribution >= 0.6 is 23.2 Å². The summed E-state index contributed by atoms with van der Waals surface area (Å²) in [4.78, 5) is 21.9. The monoisotopic (exact) mass is 360 g/mol. The van der Waals surface area contributed by atoms with E-state index in [0.717, 1.165) is 12.8 Å². The minimum Gasteiger partial charge on any atom is -0.321 e. The normalized spacial score (nSPS) is 15.6. The van der Waals surface area contributed by atoms with Crippen molar-refractivity contribution in [1.29, 1.82) is 0 Å². The van der Waals surface area contributed by atoms with E-state index in [-0.39, 0.29) is 11.6 Å². The molecule has 2 heterocycles. The number of rotatable bonds is 3. The molecule has 0 amide bonds. The van der Waals surface area contributed by atoms with E-state index in [9.17, 15) is 4.79 Å². The van der Waals surface area contributed by atoms with Gasteiger partial charge in [0.1, 0.15) is 5.82 Å². The molecule has 1 aliphatic rings. The van der Waals surface area contributed by atoms with Crippen LogP contribution in [0.1, 0.15) is 24.7 Å². The summed E-state index contributed by atoms with van der Waals surface area (Å²) in [6.07, 6.45) is 5.32. The molecule has 122 valence electrons. The number of hydrogen-bond donors (Lipinski definition) is 1. The molecule has 0 unspecified atom stereocenters. The maximum absolute atomic E-state index is 13.2. The lowest BCUT2D eigenvalue weighted by Crippen LogP contribution is -2.29. The number of nitrogens with zero attached hydrogens (tertiary/aromatic N) is 3. The molecule has 1 saturated carbocycles. The van der Waals surface area contributed by atoms with Crippen LogP contribution in [0.25, 0.3) is 16.6 Å². The van der Waals surface area contributed by atoms with Gasteiger partial charge in [-0.15, -0.1) is 0 Å². The van der Waals surface area contributed by atoms with Crippen molar-refractivity contribution in [2.45, 2.75) is 18.9 Å². The third-order valence-electron chi connectivity index (χ3n) is 4.28. The van der Waals surface area contributed by atoms with Crippen LogP contribution in [0.2, 0.25) is 10.0 Å². The molecule has 1 aliphatic carbocycles. The lowest BCUT2D eigenvalue weighted by molar-refractivity contribution is 0.574. The third kappa shape index (κ3) is 2.49. The SMILES string of the molecule is N[C@H](c1nc2c(Cl)ccc(Cl)c2c(=O)n1-c1cccnc1)C1CC1. The van der Waals surface area contributed by atoms with Gasteiger partial charge in [0.05, 0.1) is 38.9 Å². The molecule has 0 spiro atoms. The standard InChI is InChI=1S/C17H14Cl2N4O/c18-11-5-6-12(19)15-13(11)17(24)23(10-2-1-7-21-8-10)16(22-15)14(20)9-3-4-9/h1-2,5-9,14H,3-4,20H2/t14-/m0/s1. The predicted octanol–water partition coefficient (Wildman–Crippen LogP) is 3.50. The second kappa shape index (κ2) is 5.84. The Morgan fingerprint density at radius 3 is 2.62 bits per heavy atom. The van der Waals surface area contributed by atoms with Gasteiger partial charge in [0, 0.05) is 6.20 Å². The van der Waals surface area contributed by atoms with Gasteiger partial charge in [-0.1, -0.05) is 23.2 Å². The Hall–Kier alpha value is -1.95. The minimum absolute atomic E-state index is 0.286. The topological polar surface area (TPSA) is 73.8 Å². The maximum Gasteiger partial charge on any atom is 0.267 e. The lowest BCUT2D eigenvalue weighted by Gasteiger charge is -2.18. The molecule has 1 aromatic carbocycles. The summed E-state index contributed by atoms with van der Waals surface area (Å²) in [5.41, 5.74) is 7.08. The van der Waals surface area contributed by atoms with Gasteiger partial charge in [0.2, 0.25) is 0 Å². The molecule has 5 nitrogen and oxygen atoms in total. The summed E-state index contributed by atoms with van der Waals surface area (Å²) in [7, 11) is 0. The first kappa shape index (κ1) is 15.6. The van der Waals surface area contributed by atoms with E-state index in [0.29, 0.717) is 38.4 Å². The van der Waals surface area contributed by atoms with E-state index in [1.54, 1.807) is 36.7 Å². The number of hydrogen-bond acceptors (Lipinski definition) is 4. The number of benzene rings is 1. The van der Waals surface area contributed by atoms with Crippen molar-refractivity contribution in [2.24, 2.45) is 11.7 Å². The van der Waals surface area contributed by atoms with E-state index in [4.69, 9.17) is 28.9 Å². The van der Waals surface area contributed by atoms with Crippen LogP contribution < -0.4 is 11.3 Å². The Morgan fingerprint density at radius 2 is 1.96 bits per heavy atom. The summed E-state index contributed by atoms with van der Waals surface area (Å²) in [6.45, 7) is 0. The molecule has 2 N–H and O–H groups in total. The molecule has 0 radical (unpaired) electrons. The first-order chi connectivity index (χ1) is 11.6. The molecule has 0 saturated heterocycles. The second-order valence-corrected chi connectivity index (χ2v) is 6.75. The van der Waals surface area contributed by atoms with Crippen molar-refractivity contribution >= 4 is 34.1 Å². The van der Waals surface area contributed by atoms with Crippen molar-refractivity contribution in [3.63, 3.8) is 0 Å². The van der Waals surface area contributed by atoms with Crippen LogP contribution in [0.3, 0.4) is 0 Å². The van der Waals surface area contributed by atoms with Crippen LogP contribution in [0.4, 0.5) is 0 Å². The van der Waals surface area contributed by atoms with Crippen LogP contribution in [0.5, 0.6) is 0 Å². The van der Waals surface area contributed by atoms with Crippen molar-refractivity contribution in [2.75, 3.05) is 0 Å². The highest BCUT2D eigenvalue weighted by Crippen LogP contribution is 2.39. The highest BCUT2D eigenvalue weighted by atomic mass is 35.5. The van der Waals surface area contributed by atoms with Gasteiger partial charge in [-0.05, 0) is 43.0 Å². The Kier molecular flexibility index (Phi) is 3.79. The van der Waals surface area contributed by atoms with Crippen LogP contribution in [0.15, 0.2) is 41.5 Å². The molecule has 2 aromatic heterocycles. The molecular weight excluding hydrogens is 347 g/mol. The van der Waals surface area contributed by atoms with E-state index in [1.165, 1.54) is 4.57 Å². The number of halogens is 2. The quantitative estimate of drug-likeness (QED) is 0.775. The van der Waals surface area contributed by atoms with Crippen molar-refractivity contribution in [3.05, 3.63) is 62.9 Å². The van der Waals surface area contributed by atoms with Crippen LogP contribution in [0, 0.1) is 5.92 Å². The predicted molar refractivity (Wildman–Crippen MR) is 94.8 cm³/mol. The molecule has 1 atom stereocenters.